The lowest BCUT2D eigenvalue weighted by atomic mass is 10.0. The third-order valence-electron chi connectivity index (χ3n) is 2.85. The van der Waals surface area contributed by atoms with E-state index in [0.717, 1.165) is 16.9 Å². The third-order valence-corrected chi connectivity index (χ3v) is 3.36. The lowest BCUT2D eigenvalue weighted by molar-refractivity contribution is 0.340. The largest absolute Gasteiger partial charge is 0.494 e. The molecule has 1 unspecified atom stereocenters. The smallest absolute Gasteiger partial charge is 0.119 e. The van der Waals surface area contributed by atoms with Crippen LogP contribution in [-0.2, 0) is 0 Å². The lowest BCUT2D eigenvalue weighted by Crippen LogP contribution is -1.95. The van der Waals surface area contributed by atoms with Gasteiger partial charge in [0.15, 0.2) is 0 Å². The summed E-state index contributed by atoms with van der Waals surface area (Å²) in [7, 11) is 0. The Morgan fingerprint density at radius 3 is 1.94 bits per heavy atom. The Bertz CT molecular complexity index is 488. The topological polar surface area (TPSA) is 9.23 Å². The van der Waals surface area contributed by atoms with Crippen LogP contribution in [0.2, 0.25) is 0 Å². The van der Waals surface area contributed by atoms with Crippen molar-refractivity contribution >= 4 is 11.6 Å². The molecule has 94 valence electrons. The molecule has 2 aromatic rings. The summed E-state index contributed by atoms with van der Waals surface area (Å²) in [6.07, 6.45) is 0. The van der Waals surface area contributed by atoms with E-state index >= 15 is 0 Å². The van der Waals surface area contributed by atoms with E-state index in [1.807, 2.05) is 31.2 Å². The normalized spacial score (nSPS) is 12.2. The number of hydrogen-bond acceptors (Lipinski definition) is 1. The highest BCUT2D eigenvalue weighted by atomic mass is 35.5. The van der Waals surface area contributed by atoms with Gasteiger partial charge in [-0.2, -0.15) is 0 Å². The quantitative estimate of drug-likeness (QED) is 0.723. The van der Waals surface area contributed by atoms with Gasteiger partial charge in [0.2, 0.25) is 0 Å². The van der Waals surface area contributed by atoms with E-state index in [9.17, 15) is 0 Å². The zero-order valence-electron chi connectivity index (χ0n) is 10.7. The first-order valence-electron chi connectivity index (χ1n) is 6.14. The summed E-state index contributed by atoms with van der Waals surface area (Å²) >= 11 is 6.47. The second-order valence-electron chi connectivity index (χ2n) is 4.28. The van der Waals surface area contributed by atoms with Crippen LogP contribution < -0.4 is 4.74 Å². The molecule has 0 aromatic heterocycles. The standard InChI is InChI=1S/C16H17ClO/c1-3-18-15-10-8-14(9-11-15)16(17)13-6-4-12(2)5-7-13/h4-11,16H,3H2,1-2H3. The van der Waals surface area contributed by atoms with E-state index in [1.165, 1.54) is 5.56 Å². The number of hydrogen-bond donors (Lipinski definition) is 0. The van der Waals surface area contributed by atoms with Crippen LogP contribution in [0.3, 0.4) is 0 Å². The van der Waals surface area contributed by atoms with E-state index in [1.54, 1.807) is 0 Å². The van der Waals surface area contributed by atoms with Gasteiger partial charge < -0.3 is 4.74 Å². The molecule has 0 aliphatic carbocycles. The van der Waals surface area contributed by atoms with Crippen molar-refractivity contribution in [2.24, 2.45) is 0 Å². The van der Waals surface area contributed by atoms with Crippen LogP contribution in [0.15, 0.2) is 48.5 Å². The molecule has 0 fully saturated rings. The lowest BCUT2D eigenvalue weighted by Gasteiger charge is -2.11. The molecule has 0 amide bonds. The first-order chi connectivity index (χ1) is 8.70. The van der Waals surface area contributed by atoms with Crippen LogP contribution >= 0.6 is 11.6 Å². The van der Waals surface area contributed by atoms with Crippen molar-refractivity contribution in [2.45, 2.75) is 19.2 Å². The molecular formula is C16H17ClO. The molecule has 2 heteroatoms. The van der Waals surface area contributed by atoms with Crippen LogP contribution in [0.1, 0.15) is 29.0 Å². The second kappa shape index (κ2) is 5.92. The Morgan fingerprint density at radius 1 is 0.944 bits per heavy atom. The molecular weight excluding hydrogens is 244 g/mol. The predicted octanol–water partition coefficient (Wildman–Crippen LogP) is 4.72. The first-order valence-corrected chi connectivity index (χ1v) is 6.57. The zero-order chi connectivity index (χ0) is 13.0. The summed E-state index contributed by atoms with van der Waals surface area (Å²) in [5.41, 5.74) is 3.45. The van der Waals surface area contributed by atoms with Crippen molar-refractivity contribution in [1.29, 1.82) is 0 Å². The number of halogens is 1. The van der Waals surface area contributed by atoms with Crippen LogP contribution in [0.5, 0.6) is 5.75 Å². The summed E-state index contributed by atoms with van der Waals surface area (Å²) in [5, 5.41) is -0.110. The van der Waals surface area contributed by atoms with E-state index in [2.05, 4.69) is 31.2 Å². The van der Waals surface area contributed by atoms with Crippen molar-refractivity contribution in [2.75, 3.05) is 6.61 Å². The van der Waals surface area contributed by atoms with Gasteiger partial charge in [-0.25, -0.2) is 0 Å². The Balaban J connectivity index is 2.17. The minimum absolute atomic E-state index is 0.110. The summed E-state index contributed by atoms with van der Waals surface area (Å²) < 4.78 is 5.42. The maximum absolute atomic E-state index is 6.47. The van der Waals surface area contributed by atoms with Gasteiger partial charge in [-0.3, -0.25) is 0 Å². The fourth-order valence-electron chi connectivity index (χ4n) is 1.83. The Morgan fingerprint density at radius 2 is 1.44 bits per heavy atom. The van der Waals surface area contributed by atoms with E-state index in [0.29, 0.717) is 6.61 Å². The molecule has 0 bridgehead atoms. The van der Waals surface area contributed by atoms with Crippen LogP contribution in [0.4, 0.5) is 0 Å². The summed E-state index contributed by atoms with van der Waals surface area (Å²) in [6.45, 7) is 4.73. The van der Waals surface area contributed by atoms with Gasteiger partial charge in [0.05, 0.1) is 12.0 Å². The molecule has 0 N–H and O–H groups in total. The fourth-order valence-corrected chi connectivity index (χ4v) is 2.12. The van der Waals surface area contributed by atoms with Gasteiger partial charge >= 0.3 is 0 Å². The molecule has 1 atom stereocenters. The summed E-state index contributed by atoms with van der Waals surface area (Å²) in [4.78, 5) is 0. The molecule has 0 spiro atoms. The van der Waals surface area contributed by atoms with Crippen molar-refractivity contribution in [3.63, 3.8) is 0 Å². The number of rotatable bonds is 4. The summed E-state index contributed by atoms with van der Waals surface area (Å²) in [6, 6.07) is 16.3. The van der Waals surface area contributed by atoms with Crippen LogP contribution in [0.25, 0.3) is 0 Å². The van der Waals surface area contributed by atoms with Crippen molar-refractivity contribution in [1.82, 2.24) is 0 Å². The Kier molecular flexibility index (Phi) is 4.27. The molecule has 0 radical (unpaired) electrons. The molecule has 1 nitrogen and oxygen atoms in total. The van der Waals surface area contributed by atoms with Crippen molar-refractivity contribution in [3.05, 3.63) is 65.2 Å². The minimum Gasteiger partial charge on any atom is -0.494 e. The molecule has 18 heavy (non-hydrogen) atoms. The number of aryl methyl sites for hydroxylation is 1. The average molecular weight is 261 g/mol. The number of ether oxygens (including phenoxy) is 1. The number of alkyl halides is 1. The average Bonchev–Trinajstić information content (AvgIpc) is 2.40. The summed E-state index contributed by atoms with van der Waals surface area (Å²) in [5.74, 6) is 0.883. The zero-order valence-corrected chi connectivity index (χ0v) is 11.4. The van der Waals surface area contributed by atoms with Gasteiger partial charge in [-0.15, -0.1) is 11.6 Å². The highest BCUT2D eigenvalue weighted by Gasteiger charge is 2.10. The van der Waals surface area contributed by atoms with E-state index < -0.39 is 0 Å². The molecule has 0 aliphatic rings. The maximum atomic E-state index is 6.47. The van der Waals surface area contributed by atoms with Crippen LogP contribution in [0, 0.1) is 6.92 Å². The van der Waals surface area contributed by atoms with Gasteiger partial charge in [0, 0.05) is 0 Å². The molecule has 0 aliphatic heterocycles. The van der Waals surface area contributed by atoms with E-state index in [-0.39, 0.29) is 5.38 Å². The SMILES string of the molecule is CCOc1ccc(C(Cl)c2ccc(C)cc2)cc1. The van der Waals surface area contributed by atoms with Gasteiger partial charge in [0.1, 0.15) is 5.75 Å². The number of benzene rings is 2. The molecule has 0 heterocycles. The van der Waals surface area contributed by atoms with Gasteiger partial charge in [-0.1, -0.05) is 42.0 Å². The monoisotopic (exact) mass is 260 g/mol. The fraction of sp³-hybridized carbons (Fsp3) is 0.250. The van der Waals surface area contributed by atoms with Gasteiger partial charge in [-0.05, 0) is 37.1 Å². The Hall–Kier alpha value is -1.47. The first kappa shape index (κ1) is 13.0. The molecule has 0 saturated carbocycles. The highest BCUT2D eigenvalue weighted by molar-refractivity contribution is 6.22. The van der Waals surface area contributed by atoms with Crippen molar-refractivity contribution in [3.8, 4) is 5.75 Å². The van der Waals surface area contributed by atoms with Crippen LogP contribution in [-0.4, -0.2) is 6.61 Å². The third kappa shape index (κ3) is 3.05. The Labute approximate surface area is 113 Å². The highest BCUT2D eigenvalue weighted by Crippen LogP contribution is 2.29. The molecule has 2 aromatic carbocycles. The molecule has 0 saturated heterocycles. The van der Waals surface area contributed by atoms with Crippen molar-refractivity contribution < 1.29 is 4.74 Å². The minimum atomic E-state index is -0.110. The van der Waals surface area contributed by atoms with Gasteiger partial charge in [0.25, 0.3) is 0 Å². The van der Waals surface area contributed by atoms with E-state index in [4.69, 9.17) is 16.3 Å². The maximum Gasteiger partial charge on any atom is 0.119 e. The molecule has 2 rings (SSSR count). The second-order valence-corrected chi connectivity index (χ2v) is 4.71. The predicted molar refractivity (Wildman–Crippen MR) is 76.5 cm³/mol.